The molecule has 0 radical (unpaired) electrons. The number of aromatic nitrogens is 2. The predicted molar refractivity (Wildman–Crippen MR) is 125 cm³/mol. The van der Waals surface area contributed by atoms with Crippen LogP contribution in [0.25, 0.3) is 21.3 Å². The van der Waals surface area contributed by atoms with Gasteiger partial charge in [0.1, 0.15) is 17.1 Å². The molecule has 4 rings (SSSR count). The van der Waals surface area contributed by atoms with Gasteiger partial charge in [0.25, 0.3) is 5.56 Å². The molecule has 0 saturated carbocycles. The zero-order valence-corrected chi connectivity index (χ0v) is 18.6. The second kappa shape index (κ2) is 8.91. The first-order valence-electron chi connectivity index (χ1n) is 9.74. The summed E-state index contributed by atoms with van der Waals surface area (Å²) in [7, 11) is 0. The molecule has 2 aromatic carbocycles. The highest BCUT2D eigenvalue weighted by Gasteiger charge is 2.18. The van der Waals surface area contributed by atoms with Crippen molar-refractivity contribution in [2.75, 3.05) is 11.9 Å². The van der Waals surface area contributed by atoms with Gasteiger partial charge >= 0.3 is 0 Å². The van der Waals surface area contributed by atoms with Crippen LogP contribution in [0.4, 0.5) is 5.69 Å². The molecule has 0 atom stereocenters. The number of rotatable bonds is 6. The van der Waals surface area contributed by atoms with E-state index in [9.17, 15) is 9.59 Å². The Hall–Kier alpha value is -3.16. The number of thiophene rings is 1. The largest absolute Gasteiger partial charge is 0.492 e. The first kappa shape index (κ1) is 21.1. The maximum Gasteiger partial charge on any atom is 0.263 e. The minimum atomic E-state index is -0.338. The van der Waals surface area contributed by atoms with E-state index in [0.29, 0.717) is 33.3 Å². The molecule has 6 nitrogen and oxygen atoms in total. The third-order valence-electron chi connectivity index (χ3n) is 4.76. The summed E-state index contributed by atoms with van der Waals surface area (Å²) in [6.07, 6.45) is 1.42. The summed E-state index contributed by atoms with van der Waals surface area (Å²) < 4.78 is 6.87. The van der Waals surface area contributed by atoms with Crippen molar-refractivity contribution >= 4 is 44.7 Å². The van der Waals surface area contributed by atoms with Crippen molar-refractivity contribution in [2.24, 2.45) is 0 Å². The van der Waals surface area contributed by atoms with Crippen LogP contribution in [0.2, 0.25) is 5.02 Å². The molecular formula is C23H20ClN3O3S. The minimum absolute atomic E-state index is 0.156. The van der Waals surface area contributed by atoms with Crippen LogP contribution in [-0.4, -0.2) is 22.1 Å². The van der Waals surface area contributed by atoms with Crippen LogP contribution < -0.4 is 15.6 Å². The van der Waals surface area contributed by atoms with Gasteiger partial charge in [0.05, 0.1) is 24.0 Å². The SMILES string of the molecule is CCOc1ccccc1NC(=O)Cn1cnc2sc(C)c(-c3ccc(Cl)cc3)c2c1=O. The van der Waals surface area contributed by atoms with Crippen molar-refractivity contribution in [3.05, 3.63) is 75.1 Å². The monoisotopic (exact) mass is 453 g/mol. The topological polar surface area (TPSA) is 73.2 Å². The second-order valence-electron chi connectivity index (χ2n) is 6.88. The molecule has 0 aliphatic carbocycles. The minimum Gasteiger partial charge on any atom is -0.492 e. The van der Waals surface area contributed by atoms with E-state index in [1.165, 1.54) is 22.2 Å². The smallest absolute Gasteiger partial charge is 0.263 e. The van der Waals surface area contributed by atoms with E-state index in [0.717, 1.165) is 16.0 Å². The van der Waals surface area contributed by atoms with E-state index in [2.05, 4.69) is 10.3 Å². The summed E-state index contributed by atoms with van der Waals surface area (Å²) >= 11 is 7.47. The Kier molecular flexibility index (Phi) is 6.06. The van der Waals surface area contributed by atoms with Gasteiger partial charge < -0.3 is 10.1 Å². The molecule has 0 aliphatic rings. The quantitative estimate of drug-likeness (QED) is 0.439. The van der Waals surface area contributed by atoms with Crippen LogP contribution in [0.15, 0.2) is 59.7 Å². The van der Waals surface area contributed by atoms with Crippen molar-refractivity contribution in [1.82, 2.24) is 9.55 Å². The molecule has 4 aromatic rings. The maximum absolute atomic E-state index is 13.3. The highest BCUT2D eigenvalue weighted by Crippen LogP contribution is 2.35. The Bertz CT molecular complexity index is 1310. The van der Waals surface area contributed by atoms with E-state index < -0.39 is 0 Å². The summed E-state index contributed by atoms with van der Waals surface area (Å²) in [4.78, 5) is 32.0. The average molecular weight is 454 g/mol. The molecule has 0 aliphatic heterocycles. The van der Waals surface area contributed by atoms with Crippen LogP contribution in [0.1, 0.15) is 11.8 Å². The zero-order chi connectivity index (χ0) is 22.0. The zero-order valence-electron chi connectivity index (χ0n) is 17.0. The van der Waals surface area contributed by atoms with Gasteiger partial charge in [0, 0.05) is 15.5 Å². The summed E-state index contributed by atoms with van der Waals surface area (Å²) in [6, 6.07) is 14.5. The van der Waals surface area contributed by atoms with Crippen molar-refractivity contribution in [3.63, 3.8) is 0 Å². The lowest BCUT2D eigenvalue weighted by atomic mass is 10.0. The van der Waals surface area contributed by atoms with Crippen LogP contribution in [0.3, 0.4) is 0 Å². The molecule has 0 saturated heterocycles. The van der Waals surface area contributed by atoms with Gasteiger partial charge in [-0.25, -0.2) is 4.98 Å². The first-order valence-corrected chi connectivity index (χ1v) is 10.9. The van der Waals surface area contributed by atoms with E-state index in [-0.39, 0.29) is 18.0 Å². The number of nitrogens with one attached hydrogen (secondary N) is 1. The molecule has 8 heteroatoms. The number of ether oxygens (including phenoxy) is 1. The maximum atomic E-state index is 13.3. The molecule has 2 aromatic heterocycles. The standard InChI is InChI=1S/C23H20ClN3O3S/c1-3-30-18-7-5-4-6-17(18)26-19(28)12-27-13-25-22-21(23(27)29)20(14(2)31-22)15-8-10-16(24)11-9-15/h4-11,13H,3,12H2,1-2H3,(H,26,28). The number of fused-ring (bicyclic) bond motifs is 1. The molecule has 0 bridgehead atoms. The van der Waals surface area contributed by atoms with Gasteiger partial charge in [-0.05, 0) is 43.7 Å². The van der Waals surface area contributed by atoms with E-state index in [4.69, 9.17) is 16.3 Å². The van der Waals surface area contributed by atoms with Crippen LogP contribution >= 0.6 is 22.9 Å². The average Bonchev–Trinajstić information content (AvgIpc) is 3.09. The van der Waals surface area contributed by atoms with Crippen LogP contribution in [0.5, 0.6) is 5.75 Å². The fourth-order valence-corrected chi connectivity index (χ4v) is 4.54. The normalized spacial score (nSPS) is 10.9. The van der Waals surface area contributed by atoms with Crippen molar-refractivity contribution in [2.45, 2.75) is 20.4 Å². The number of amides is 1. The Morgan fingerprint density at radius 2 is 1.94 bits per heavy atom. The summed E-state index contributed by atoms with van der Waals surface area (Å²) in [6.45, 7) is 4.16. The number of carbonyl (C=O) groups is 1. The molecule has 0 spiro atoms. The van der Waals surface area contributed by atoms with E-state index in [1.54, 1.807) is 24.3 Å². The van der Waals surface area contributed by atoms with E-state index in [1.807, 2.05) is 38.1 Å². The number of carbonyl (C=O) groups excluding carboxylic acids is 1. The van der Waals surface area contributed by atoms with Crippen LogP contribution in [0, 0.1) is 6.92 Å². The van der Waals surface area contributed by atoms with E-state index >= 15 is 0 Å². The van der Waals surface area contributed by atoms with Crippen molar-refractivity contribution in [3.8, 4) is 16.9 Å². The third kappa shape index (κ3) is 4.33. The lowest BCUT2D eigenvalue weighted by Crippen LogP contribution is -2.28. The summed E-state index contributed by atoms with van der Waals surface area (Å²) in [5.74, 6) is 0.244. The highest BCUT2D eigenvalue weighted by molar-refractivity contribution is 7.19. The molecule has 0 unspecified atom stereocenters. The molecule has 158 valence electrons. The lowest BCUT2D eigenvalue weighted by Gasteiger charge is -2.12. The predicted octanol–water partition coefficient (Wildman–Crippen LogP) is 5.12. The fraction of sp³-hybridized carbons (Fsp3) is 0.174. The molecule has 1 N–H and O–H groups in total. The Morgan fingerprint density at radius 1 is 1.19 bits per heavy atom. The lowest BCUT2D eigenvalue weighted by molar-refractivity contribution is -0.116. The number of hydrogen-bond donors (Lipinski definition) is 1. The first-order chi connectivity index (χ1) is 15.0. The number of para-hydroxylation sites is 2. The fourth-order valence-electron chi connectivity index (χ4n) is 3.41. The Balaban J connectivity index is 1.67. The van der Waals surface area contributed by atoms with Gasteiger partial charge in [-0.3, -0.25) is 14.2 Å². The number of benzene rings is 2. The van der Waals surface area contributed by atoms with Gasteiger partial charge in [0.2, 0.25) is 5.91 Å². The third-order valence-corrected chi connectivity index (χ3v) is 6.03. The molecule has 1 amide bonds. The second-order valence-corrected chi connectivity index (χ2v) is 8.51. The number of halogens is 1. The Morgan fingerprint density at radius 3 is 2.68 bits per heavy atom. The molecule has 0 fully saturated rings. The molecular weight excluding hydrogens is 434 g/mol. The van der Waals surface area contributed by atoms with Crippen molar-refractivity contribution in [1.29, 1.82) is 0 Å². The number of aryl methyl sites for hydroxylation is 1. The van der Waals surface area contributed by atoms with Crippen LogP contribution in [-0.2, 0) is 11.3 Å². The Labute approximate surface area is 188 Å². The highest BCUT2D eigenvalue weighted by atomic mass is 35.5. The number of nitrogens with zero attached hydrogens (tertiary/aromatic N) is 2. The van der Waals surface area contributed by atoms with Gasteiger partial charge in [-0.15, -0.1) is 11.3 Å². The molecule has 31 heavy (non-hydrogen) atoms. The van der Waals surface area contributed by atoms with Gasteiger partial charge in [-0.1, -0.05) is 35.9 Å². The summed E-state index contributed by atoms with van der Waals surface area (Å²) in [5.41, 5.74) is 2.02. The number of hydrogen-bond acceptors (Lipinski definition) is 5. The van der Waals surface area contributed by atoms with Gasteiger partial charge in [0.15, 0.2) is 0 Å². The molecule has 2 heterocycles. The summed E-state index contributed by atoms with van der Waals surface area (Å²) in [5, 5.41) is 3.95. The van der Waals surface area contributed by atoms with Crippen molar-refractivity contribution < 1.29 is 9.53 Å². The van der Waals surface area contributed by atoms with Gasteiger partial charge in [-0.2, -0.15) is 0 Å². The number of anilines is 1.